The molecule has 1 amide bonds. The molecule has 2 aromatic heterocycles. The first-order valence-electron chi connectivity index (χ1n) is 8.83. The van der Waals surface area contributed by atoms with Gasteiger partial charge in [0.05, 0.1) is 30.5 Å². The van der Waals surface area contributed by atoms with Crippen molar-refractivity contribution in [3.63, 3.8) is 0 Å². The van der Waals surface area contributed by atoms with Crippen molar-refractivity contribution in [3.05, 3.63) is 82.2 Å². The highest BCUT2D eigenvalue weighted by molar-refractivity contribution is 5.91. The molecule has 8 heteroatoms. The second-order valence-corrected chi connectivity index (χ2v) is 6.42. The minimum atomic E-state index is -0.459. The van der Waals surface area contributed by atoms with E-state index in [0.29, 0.717) is 30.9 Å². The minimum Gasteiger partial charge on any atom is -0.468 e. The van der Waals surface area contributed by atoms with Gasteiger partial charge >= 0.3 is 0 Å². The highest BCUT2D eigenvalue weighted by Crippen LogP contribution is 2.21. The predicted octanol–water partition coefficient (Wildman–Crippen LogP) is 4.12. The van der Waals surface area contributed by atoms with E-state index in [-0.39, 0.29) is 18.0 Å². The van der Waals surface area contributed by atoms with Gasteiger partial charge in [-0.2, -0.15) is 0 Å². The molecule has 0 aliphatic heterocycles. The maximum Gasteiger partial charge on any atom is 0.269 e. The molecule has 146 valence electrons. The molecule has 3 aromatic rings. The summed E-state index contributed by atoms with van der Waals surface area (Å²) in [6.45, 7) is 3.33. The molecule has 0 aliphatic rings. The third-order valence-corrected chi connectivity index (χ3v) is 4.27. The number of nitrogens with zero attached hydrogens (tertiary/aromatic N) is 2. The van der Waals surface area contributed by atoms with Crippen molar-refractivity contribution in [1.82, 2.24) is 4.90 Å². The highest BCUT2D eigenvalue weighted by Gasteiger charge is 2.14. The molecule has 1 aromatic carbocycles. The summed E-state index contributed by atoms with van der Waals surface area (Å²) in [6, 6.07) is 11.8. The van der Waals surface area contributed by atoms with Gasteiger partial charge in [0, 0.05) is 30.8 Å². The third kappa shape index (κ3) is 5.31. The average molecular weight is 383 g/mol. The predicted molar refractivity (Wildman–Crippen MR) is 103 cm³/mol. The molecule has 0 aliphatic carbocycles. The molecular formula is C20H21N3O5. The first-order chi connectivity index (χ1) is 13.5. The van der Waals surface area contributed by atoms with Gasteiger partial charge in [-0.25, -0.2) is 0 Å². The summed E-state index contributed by atoms with van der Waals surface area (Å²) in [5.74, 6) is 1.44. The van der Waals surface area contributed by atoms with Crippen LogP contribution in [0.25, 0.3) is 0 Å². The second-order valence-electron chi connectivity index (χ2n) is 6.42. The number of hydrogen-bond donors (Lipinski definition) is 1. The van der Waals surface area contributed by atoms with Crippen LogP contribution in [0.5, 0.6) is 0 Å². The highest BCUT2D eigenvalue weighted by atomic mass is 16.6. The van der Waals surface area contributed by atoms with Crippen molar-refractivity contribution in [2.75, 3.05) is 11.9 Å². The van der Waals surface area contributed by atoms with Gasteiger partial charge in [0.15, 0.2) is 0 Å². The molecule has 0 atom stereocenters. The molecule has 28 heavy (non-hydrogen) atoms. The van der Waals surface area contributed by atoms with Crippen LogP contribution < -0.4 is 5.32 Å². The van der Waals surface area contributed by atoms with Crippen molar-refractivity contribution >= 4 is 17.3 Å². The lowest BCUT2D eigenvalue weighted by molar-refractivity contribution is -0.384. The van der Waals surface area contributed by atoms with Crippen LogP contribution in [0, 0.1) is 17.0 Å². The number of benzene rings is 1. The molecule has 1 N–H and O–H groups in total. The standard InChI is InChI=1S/C20H21N3O5/c1-15-12-16(23(25)26)6-7-19(15)21-20(24)8-9-22(13-17-4-2-10-27-17)14-18-5-3-11-28-18/h2-7,10-12H,8-9,13-14H2,1H3,(H,21,24). The number of nitro benzene ring substituents is 1. The van der Waals surface area contributed by atoms with Gasteiger partial charge < -0.3 is 14.2 Å². The smallest absolute Gasteiger partial charge is 0.269 e. The Kier molecular flexibility index (Phi) is 6.23. The number of anilines is 1. The number of rotatable bonds is 9. The van der Waals surface area contributed by atoms with Crippen molar-refractivity contribution in [2.45, 2.75) is 26.4 Å². The molecule has 0 unspecified atom stereocenters. The molecule has 0 spiro atoms. The van der Waals surface area contributed by atoms with Crippen molar-refractivity contribution in [3.8, 4) is 0 Å². The average Bonchev–Trinajstić information content (AvgIpc) is 3.35. The monoisotopic (exact) mass is 383 g/mol. The SMILES string of the molecule is Cc1cc([N+](=O)[O-])ccc1NC(=O)CCN(Cc1ccco1)Cc1ccco1. The van der Waals surface area contributed by atoms with E-state index in [1.807, 2.05) is 24.3 Å². The Bertz CT molecular complexity index is 883. The van der Waals surface area contributed by atoms with Crippen LogP contribution in [0.1, 0.15) is 23.5 Å². The Morgan fingerprint density at radius 1 is 1.11 bits per heavy atom. The number of amides is 1. The summed E-state index contributed by atoms with van der Waals surface area (Å²) >= 11 is 0. The lowest BCUT2D eigenvalue weighted by Crippen LogP contribution is -2.27. The maximum absolute atomic E-state index is 12.4. The minimum absolute atomic E-state index is 0.00132. The van der Waals surface area contributed by atoms with Crippen molar-refractivity contribution in [1.29, 1.82) is 0 Å². The third-order valence-electron chi connectivity index (χ3n) is 4.27. The van der Waals surface area contributed by atoms with Crippen LogP contribution in [0.2, 0.25) is 0 Å². The normalized spacial score (nSPS) is 10.9. The number of nitro groups is 1. The molecular weight excluding hydrogens is 362 g/mol. The van der Waals surface area contributed by atoms with Gasteiger partial charge in [-0.05, 0) is 42.8 Å². The Balaban J connectivity index is 1.59. The van der Waals surface area contributed by atoms with Gasteiger partial charge in [0.1, 0.15) is 11.5 Å². The van der Waals surface area contributed by atoms with Gasteiger partial charge in [-0.3, -0.25) is 19.8 Å². The summed E-state index contributed by atoms with van der Waals surface area (Å²) in [5, 5.41) is 13.6. The van der Waals surface area contributed by atoms with E-state index in [4.69, 9.17) is 8.83 Å². The van der Waals surface area contributed by atoms with E-state index in [9.17, 15) is 14.9 Å². The van der Waals surface area contributed by atoms with E-state index in [1.54, 1.807) is 25.5 Å². The first kappa shape index (κ1) is 19.4. The quantitative estimate of drug-likeness (QED) is 0.440. The number of furan rings is 2. The Labute approximate surface area is 161 Å². The fourth-order valence-electron chi connectivity index (χ4n) is 2.83. The molecule has 0 saturated heterocycles. The number of aryl methyl sites for hydroxylation is 1. The van der Waals surface area contributed by atoms with E-state index < -0.39 is 4.92 Å². The van der Waals surface area contributed by atoms with Crippen LogP contribution in [-0.2, 0) is 17.9 Å². The van der Waals surface area contributed by atoms with E-state index in [0.717, 1.165) is 11.5 Å². The lowest BCUT2D eigenvalue weighted by atomic mass is 10.1. The van der Waals surface area contributed by atoms with Crippen LogP contribution in [0.3, 0.4) is 0 Å². The summed E-state index contributed by atoms with van der Waals surface area (Å²) in [4.78, 5) is 24.8. The van der Waals surface area contributed by atoms with Gasteiger partial charge in [0.25, 0.3) is 5.69 Å². The number of nitrogens with one attached hydrogen (secondary N) is 1. The number of hydrogen-bond acceptors (Lipinski definition) is 6. The van der Waals surface area contributed by atoms with E-state index in [1.165, 1.54) is 12.1 Å². The van der Waals surface area contributed by atoms with Gasteiger partial charge in [0.2, 0.25) is 5.91 Å². The zero-order chi connectivity index (χ0) is 19.9. The fourth-order valence-corrected chi connectivity index (χ4v) is 2.83. The summed E-state index contributed by atoms with van der Waals surface area (Å²) in [7, 11) is 0. The Morgan fingerprint density at radius 2 is 1.75 bits per heavy atom. The molecule has 0 radical (unpaired) electrons. The summed E-state index contributed by atoms with van der Waals surface area (Å²) in [5.41, 5.74) is 1.21. The van der Waals surface area contributed by atoms with Crippen LogP contribution >= 0.6 is 0 Å². The van der Waals surface area contributed by atoms with Gasteiger partial charge in [-0.15, -0.1) is 0 Å². The molecule has 0 fully saturated rings. The molecule has 0 saturated carbocycles. The first-order valence-corrected chi connectivity index (χ1v) is 8.83. The summed E-state index contributed by atoms with van der Waals surface area (Å²) < 4.78 is 10.8. The zero-order valence-electron chi connectivity index (χ0n) is 15.5. The topological polar surface area (TPSA) is 102 Å². The number of non-ortho nitro benzene ring substituents is 1. The van der Waals surface area contributed by atoms with Crippen molar-refractivity contribution < 1.29 is 18.6 Å². The molecule has 3 rings (SSSR count). The van der Waals surface area contributed by atoms with Crippen LogP contribution in [0.15, 0.2) is 63.8 Å². The number of carbonyl (C=O) groups is 1. The zero-order valence-corrected chi connectivity index (χ0v) is 15.5. The second kappa shape index (κ2) is 9.01. The van der Waals surface area contributed by atoms with E-state index in [2.05, 4.69) is 10.2 Å². The van der Waals surface area contributed by atoms with E-state index >= 15 is 0 Å². The Morgan fingerprint density at radius 3 is 2.25 bits per heavy atom. The Hall–Kier alpha value is -3.39. The fraction of sp³-hybridized carbons (Fsp3) is 0.250. The van der Waals surface area contributed by atoms with Crippen LogP contribution in [0.4, 0.5) is 11.4 Å². The number of carbonyl (C=O) groups excluding carboxylic acids is 1. The van der Waals surface area contributed by atoms with Gasteiger partial charge in [-0.1, -0.05) is 0 Å². The largest absolute Gasteiger partial charge is 0.468 e. The maximum atomic E-state index is 12.4. The molecule has 8 nitrogen and oxygen atoms in total. The molecule has 2 heterocycles. The summed E-state index contributed by atoms with van der Waals surface area (Å²) in [6.07, 6.45) is 3.49. The van der Waals surface area contributed by atoms with Crippen molar-refractivity contribution in [2.24, 2.45) is 0 Å². The lowest BCUT2D eigenvalue weighted by Gasteiger charge is -2.20. The van der Waals surface area contributed by atoms with Crippen LogP contribution in [-0.4, -0.2) is 22.3 Å². The molecule has 0 bridgehead atoms.